The van der Waals surface area contributed by atoms with Crippen LogP contribution in [0.5, 0.6) is 0 Å². The van der Waals surface area contributed by atoms with Gasteiger partial charge >= 0.3 is 0 Å². The third kappa shape index (κ3) is 5.96. The number of hydrogen-bond acceptors (Lipinski definition) is 4. The molecule has 0 amide bonds. The summed E-state index contributed by atoms with van der Waals surface area (Å²) in [5.74, 6) is 0. The van der Waals surface area contributed by atoms with Gasteiger partial charge in [0.25, 0.3) is 0 Å². The van der Waals surface area contributed by atoms with Crippen LogP contribution in [0.3, 0.4) is 0 Å². The highest BCUT2D eigenvalue weighted by atomic mass is 32.1. The molecule has 0 bridgehead atoms. The third-order valence-electron chi connectivity index (χ3n) is 2.69. The summed E-state index contributed by atoms with van der Waals surface area (Å²) in [4.78, 5) is 1.34. The largest absolute Gasteiger partial charge is 0.389 e. The van der Waals surface area contributed by atoms with Gasteiger partial charge in [-0.15, -0.1) is 11.3 Å². The number of hydrogen-bond donors (Lipinski definition) is 2. The van der Waals surface area contributed by atoms with Crippen LogP contribution in [-0.4, -0.2) is 30.5 Å². The Bertz CT molecular complexity index is 301. The maximum Gasteiger partial charge on any atom is 0.0898 e. The summed E-state index contributed by atoms with van der Waals surface area (Å²) in [5, 5.41) is 15.4. The molecule has 0 aliphatic carbocycles. The molecule has 104 valence electrons. The number of rotatable bonds is 9. The standard InChI is InChI=1S/C14H25NO2S/c1-4-6-13(14-7-5-8-18-14)15-9-12(16)10-17-11(2)3/h5,7-8,11-13,15-16H,4,6,9-10H2,1-3H3. The molecule has 1 rings (SSSR count). The zero-order valence-corrected chi connectivity index (χ0v) is 12.4. The molecule has 0 radical (unpaired) electrons. The first-order chi connectivity index (χ1) is 8.63. The second kappa shape index (κ2) is 8.64. The fourth-order valence-electron chi connectivity index (χ4n) is 1.76. The minimum atomic E-state index is -0.438. The van der Waals surface area contributed by atoms with E-state index in [1.54, 1.807) is 11.3 Å². The van der Waals surface area contributed by atoms with Crippen molar-refractivity contribution in [3.8, 4) is 0 Å². The van der Waals surface area contributed by atoms with Crippen LogP contribution < -0.4 is 5.32 Å². The molecule has 0 aliphatic rings. The van der Waals surface area contributed by atoms with Crippen LogP contribution in [0.1, 0.15) is 44.5 Å². The first kappa shape index (κ1) is 15.6. The van der Waals surface area contributed by atoms with Crippen LogP contribution in [0.2, 0.25) is 0 Å². The summed E-state index contributed by atoms with van der Waals surface area (Å²) in [6.07, 6.45) is 1.96. The van der Waals surface area contributed by atoms with E-state index < -0.39 is 6.10 Å². The van der Waals surface area contributed by atoms with Gasteiger partial charge in [0.05, 0.1) is 18.8 Å². The van der Waals surface area contributed by atoms with Crippen molar-refractivity contribution in [3.05, 3.63) is 22.4 Å². The van der Waals surface area contributed by atoms with E-state index in [1.165, 1.54) is 4.88 Å². The van der Waals surface area contributed by atoms with E-state index in [1.807, 2.05) is 13.8 Å². The lowest BCUT2D eigenvalue weighted by Crippen LogP contribution is -2.33. The normalized spacial score (nSPS) is 14.9. The Morgan fingerprint density at radius 2 is 2.22 bits per heavy atom. The zero-order valence-electron chi connectivity index (χ0n) is 11.6. The van der Waals surface area contributed by atoms with Gasteiger partial charge in [-0.3, -0.25) is 0 Å². The lowest BCUT2D eigenvalue weighted by Gasteiger charge is -2.20. The molecule has 4 heteroatoms. The van der Waals surface area contributed by atoms with Crippen molar-refractivity contribution >= 4 is 11.3 Å². The van der Waals surface area contributed by atoms with Crippen molar-refractivity contribution in [3.63, 3.8) is 0 Å². The molecule has 18 heavy (non-hydrogen) atoms. The maximum atomic E-state index is 9.83. The summed E-state index contributed by atoms with van der Waals surface area (Å²) >= 11 is 1.77. The van der Waals surface area contributed by atoms with E-state index in [2.05, 4.69) is 29.8 Å². The van der Waals surface area contributed by atoms with Crippen molar-refractivity contribution in [1.29, 1.82) is 0 Å². The number of thiophene rings is 1. The first-order valence-corrected chi connectivity index (χ1v) is 7.57. The molecular weight excluding hydrogens is 246 g/mol. The summed E-state index contributed by atoms with van der Waals surface area (Å²) in [6.45, 7) is 7.11. The zero-order chi connectivity index (χ0) is 13.4. The Balaban J connectivity index is 2.33. The van der Waals surface area contributed by atoms with E-state index in [4.69, 9.17) is 4.74 Å². The van der Waals surface area contributed by atoms with Crippen molar-refractivity contribution in [2.75, 3.05) is 13.2 Å². The van der Waals surface area contributed by atoms with Gasteiger partial charge in [-0.05, 0) is 31.7 Å². The Labute approximate surface area is 114 Å². The lowest BCUT2D eigenvalue weighted by atomic mass is 10.1. The summed E-state index contributed by atoms with van der Waals surface area (Å²) < 4.78 is 5.40. The Morgan fingerprint density at radius 1 is 1.44 bits per heavy atom. The molecule has 0 fully saturated rings. The van der Waals surface area contributed by atoms with Crippen molar-refractivity contribution < 1.29 is 9.84 Å². The number of ether oxygens (including phenoxy) is 1. The molecule has 3 nitrogen and oxygen atoms in total. The fraction of sp³-hybridized carbons (Fsp3) is 0.714. The van der Waals surface area contributed by atoms with Crippen molar-refractivity contribution in [2.45, 2.75) is 51.9 Å². The number of aliphatic hydroxyl groups is 1. The highest BCUT2D eigenvalue weighted by molar-refractivity contribution is 7.10. The molecule has 0 aliphatic heterocycles. The predicted molar refractivity (Wildman–Crippen MR) is 77.1 cm³/mol. The Hall–Kier alpha value is -0.420. The first-order valence-electron chi connectivity index (χ1n) is 6.70. The molecule has 2 atom stereocenters. The van der Waals surface area contributed by atoms with E-state index in [0.717, 1.165) is 12.8 Å². The fourth-order valence-corrected chi connectivity index (χ4v) is 2.60. The smallest absolute Gasteiger partial charge is 0.0898 e. The Kier molecular flexibility index (Phi) is 7.51. The quantitative estimate of drug-likeness (QED) is 0.725. The second-order valence-corrected chi connectivity index (χ2v) is 5.78. The van der Waals surface area contributed by atoms with Gasteiger partial charge in [-0.2, -0.15) is 0 Å². The van der Waals surface area contributed by atoms with Crippen LogP contribution in [0, 0.1) is 0 Å². The van der Waals surface area contributed by atoms with Crippen LogP contribution in [-0.2, 0) is 4.74 Å². The molecule has 1 aromatic rings. The van der Waals surface area contributed by atoms with E-state index >= 15 is 0 Å². The van der Waals surface area contributed by atoms with Crippen LogP contribution in [0.15, 0.2) is 17.5 Å². The van der Waals surface area contributed by atoms with Gasteiger partial charge in [-0.25, -0.2) is 0 Å². The minimum Gasteiger partial charge on any atom is -0.389 e. The predicted octanol–water partition coefficient (Wildman–Crippen LogP) is 2.96. The molecular formula is C14H25NO2S. The molecule has 0 saturated heterocycles. The van der Waals surface area contributed by atoms with Gasteiger partial charge in [0.15, 0.2) is 0 Å². The third-order valence-corrected chi connectivity index (χ3v) is 3.67. The van der Waals surface area contributed by atoms with E-state index in [9.17, 15) is 5.11 Å². The second-order valence-electron chi connectivity index (χ2n) is 4.80. The summed E-state index contributed by atoms with van der Waals surface area (Å²) in [6, 6.07) is 4.57. The van der Waals surface area contributed by atoms with Gasteiger partial charge in [-0.1, -0.05) is 19.4 Å². The van der Waals surface area contributed by atoms with Gasteiger partial charge in [0.1, 0.15) is 0 Å². The molecule has 1 heterocycles. The number of aliphatic hydroxyl groups excluding tert-OH is 1. The molecule has 2 N–H and O–H groups in total. The van der Waals surface area contributed by atoms with E-state index in [-0.39, 0.29) is 6.10 Å². The van der Waals surface area contributed by atoms with Crippen molar-refractivity contribution in [1.82, 2.24) is 5.32 Å². The molecule has 0 saturated carbocycles. The average Bonchev–Trinajstić information content (AvgIpc) is 2.85. The van der Waals surface area contributed by atoms with E-state index in [0.29, 0.717) is 19.2 Å². The van der Waals surface area contributed by atoms with Gasteiger partial charge < -0.3 is 15.2 Å². The number of nitrogens with one attached hydrogen (secondary N) is 1. The Morgan fingerprint density at radius 3 is 2.78 bits per heavy atom. The monoisotopic (exact) mass is 271 g/mol. The summed E-state index contributed by atoms with van der Waals surface area (Å²) in [5.41, 5.74) is 0. The van der Waals surface area contributed by atoms with Crippen LogP contribution in [0.25, 0.3) is 0 Å². The van der Waals surface area contributed by atoms with Crippen LogP contribution >= 0.6 is 11.3 Å². The topological polar surface area (TPSA) is 41.5 Å². The highest BCUT2D eigenvalue weighted by Gasteiger charge is 2.13. The highest BCUT2D eigenvalue weighted by Crippen LogP contribution is 2.22. The average molecular weight is 271 g/mol. The molecule has 0 spiro atoms. The van der Waals surface area contributed by atoms with Crippen molar-refractivity contribution in [2.24, 2.45) is 0 Å². The summed E-state index contributed by atoms with van der Waals surface area (Å²) in [7, 11) is 0. The van der Waals surface area contributed by atoms with Gasteiger partial charge in [0, 0.05) is 17.5 Å². The minimum absolute atomic E-state index is 0.170. The SMILES string of the molecule is CCCC(NCC(O)COC(C)C)c1cccs1. The van der Waals surface area contributed by atoms with Crippen LogP contribution in [0.4, 0.5) is 0 Å². The lowest BCUT2D eigenvalue weighted by molar-refractivity contribution is 0.00536. The molecule has 1 aromatic heterocycles. The molecule has 0 aromatic carbocycles. The van der Waals surface area contributed by atoms with Gasteiger partial charge in [0.2, 0.25) is 0 Å². The maximum absolute atomic E-state index is 9.83. The molecule has 2 unspecified atom stereocenters.